The maximum atomic E-state index is 13.6. The minimum absolute atomic E-state index is 0.108. The molecule has 43 heavy (non-hydrogen) atoms. The van der Waals surface area contributed by atoms with Gasteiger partial charge < -0.3 is 35.2 Å². The Hall–Kier alpha value is -3.22. The van der Waals surface area contributed by atoms with Crippen LogP contribution in [0.15, 0.2) is 23.7 Å². The van der Waals surface area contributed by atoms with Crippen LogP contribution in [0.1, 0.15) is 63.0 Å². The van der Waals surface area contributed by atoms with Crippen LogP contribution in [-0.2, 0) is 22.6 Å². The first-order chi connectivity index (χ1) is 20.7. The van der Waals surface area contributed by atoms with Crippen molar-refractivity contribution in [1.29, 1.82) is 0 Å². The number of hydrogen-bond acceptors (Lipinski definition) is 10. The third-order valence-electron chi connectivity index (χ3n) is 9.91. The summed E-state index contributed by atoms with van der Waals surface area (Å²) in [6, 6.07) is 4.68. The third kappa shape index (κ3) is 5.97. The largest absolute Gasteiger partial charge is 0.495 e. The van der Waals surface area contributed by atoms with E-state index in [1.54, 1.807) is 7.11 Å². The van der Waals surface area contributed by atoms with Gasteiger partial charge in [-0.3, -0.25) is 25.5 Å². The van der Waals surface area contributed by atoms with Crippen LogP contribution in [0, 0.1) is 0 Å². The van der Waals surface area contributed by atoms with Crippen LogP contribution in [0.3, 0.4) is 0 Å². The van der Waals surface area contributed by atoms with E-state index in [1.165, 1.54) is 12.8 Å². The maximum Gasteiger partial charge on any atom is 0.275 e. The number of nitrogens with two attached hydrogens (primary N) is 1. The standard InChI is InChI=1S/C31H48N8O4/c1-4-22-18-36(2)28-29(39(22)23-7-5-6-8-23)34-31(32,35-30(28)42)33-25-15-20-9-14-38(17-21(20)16-26(25)43-3)27(41)19-37-12-10-24(40)11-13-37/h15-16,22-24,33-34,40H,4-14,17-19,32H2,1-3H3,(H,35,42)/t22?,31-/m1/s1. The molecule has 1 saturated heterocycles. The molecule has 2 fully saturated rings. The molecule has 1 aromatic carbocycles. The summed E-state index contributed by atoms with van der Waals surface area (Å²) in [5, 5.41) is 19.6. The van der Waals surface area contributed by atoms with Gasteiger partial charge in [0.25, 0.3) is 5.91 Å². The Morgan fingerprint density at radius 2 is 1.88 bits per heavy atom. The van der Waals surface area contributed by atoms with Gasteiger partial charge in [0, 0.05) is 51.9 Å². The molecular formula is C31H48N8O4. The van der Waals surface area contributed by atoms with Crippen molar-refractivity contribution < 1.29 is 19.4 Å². The molecule has 5 aliphatic rings. The highest BCUT2D eigenvalue weighted by Crippen LogP contribution is 2.37. The summed E-state index contributed by atoms with van der Waals surface area (Å²) in [6.07, 6.45) is 7.50. The molecule has 2 atom stereocenters. The number of hydrogen-bond donors (Lipinski definition) is 5. The Kier molecular flexibility index (Phi) is 8.36. The number of likely N-dealkylation sites (N-methyl/N-ethyl adjacent to an activating group) is 1. The smallest absolute Gasteiger partial charge is 0.275 e. The summed E-state index contributed by atoms with van der Waals surface area (Å²) in [5.41, 5.74) is 10.3. The number of ether oxygens (including phenoxy) is 1. The Morgan fingerprint density at radius 1 is 1.14 bits per heavy atom. The average Bonchev–Trinajstić information content (AvgIpc) is 3.51. The lowest BCUT2D eigenvalue weighted by Crippen LogP contribution is -2.76. The number of aliphatic hydroxyl groups is 1. The van der Waals surface area contributed by atoms with E-state index >= 15 is 0 Å². The number of rotatable bonds is 7. The highest BCUT2D eigenvalue weighted by Gasteiger charge is 2.46. The van der Waals surface area contributed by atoms with Crippen LogP contribution in [0.4, 0.5) is 5.69 Å². The number of fused-ring (bicyclic) bond motifs is 1. The van der Waals surface area contributed by atoms with E-state index in [2.05, 4.69) is 32.7 Å². The molecule has 4 heterocycles. The first kappa shape index (κ1) is 29.8. The first-order valence-electron chi connectivity index (χ1n) is 16.0. The van der Waals surface area contributed by atoms with Gasteiger partial charge in [0.2, 0.25) is 11.8 Å². The average molecular weight is 597 g/mol. The Balaban J connectivity index is 1.20. The molecule has 1 aromatic rings. The van der Waals surface area contributed by atoms with E-state index in [1.807, 2.05) is 29.0 Å². The monoisotopic (exact) mass is 596 g/mol. The van der Waals surface area contributed by atoms with Crippen LogP contribution in [0.2, 0.25) is 0 Å². The molecule has 2 amide bonds. The number of aliphatic hydroxyl groups excluding tert-OH is 1. The zero-order chi connectivity index (χ0) is 30.3. The van der Waals surface area contributed by atoms with E-state index in [-0.39, 0.29) is 17.9 Å². The molecule has 236 valence electrons. The van der Waals surface area contributed by atoms with Crippen LogP contribution >= 0.6 is 0 Å². The lowest BCUT2D eigenvalue weighted by Gasteiger charge is -2.52. The molecule has 0 radical (unpaired) electrons. The van der Waals surface area contributed by atoms with Crippen molar-refractivity contribution in [2.45, 2.75) is 88.9 Å². The first-order valence-corrected chi connectivity index (χ1v) is 16.0. The number of carbonyl (C=O) groups is 2. The van der Waals surface area contributed by atoms with E-state index in [0.29, 0.717) is 68.1 Å². The van der Waals surface area contributed by atoms with E-state index in [4.69, 9.17) is 10.5 Å². The second-order valence-electron chi connectivity index (χ2n) is 12.9. The molecule has 0 spiro atoms. The summed E-state index contributed by atoms with van der Waals surface area (Å²) in [7, 11) is 3.59. The summed E-state index contributed by atoms with van der Waals surface area (Å²) in [6.45, 7) is 6.02. The van der Waals surface area contributed by atoms with Crippen molar-refractivity contribution in [2.75, 3.05) is 52.2 Å². The normalized spacial score (nSPS) is 27.0. The fourth-order valence-corrected chi connectivity index (χ4v) is 7.54. The van der Waals surface area contributed by atoms with E-state index in [9.17, 15) is 14.7 Å². The predicted molar refractivity (Wildman–Crippen MR) is 163 cm³/mol. The Labute approximate surface area is 254 Å². The van der Waals surface area contributed by atoms with Crippen LogP contribution in [0.25, 0.3) is 0 Å². The van der Waals surface area contributed by atoms with Crippen LogP contribution < -0.4 is 26.4 Å². The molecule has 1 unspecified atom stereocenters. The van der Waals surface area contributed by atoms with Gasteiger partial charge in [-0.15, -0.1) is 0 Å². The van der Waals surface area contributed by atoms with Crippen molar-refractivity contribution in [3.8, 4) is 5.75 Å². The highest BCUT2D eigenvalue weighted by atomic mass is 16.5. The predicted octanol–water partition coefficient (Wildman–Crippen LogP) is 0.876. The molecule has 0 bridgehead atoms. The third-order valence-corrected chi connectivity index (χ3v) is 9.91. The number of methoxy groups -OCH3 is 1. The number of nitrogens with one attached hydrogen (secondary N) is 3. The van der Waals surface area contributed by atoms with Crippen molar-refractivity contribution >= 4 is 17.5 Å². The topological polar surface area (TPSA) is 139 Å². The second-order valence-corrected chi connectivity index (χ2v) is 12.9. The molecule has 0 aromatic heterocycles. The number of nitrogens with zero attached hydrogens (tertiary/aromatic N) is 4. The Bertz CT molecular complexity index is 1260. The SMILES string of the molecule is CCC1CN(C)C2=C(N[C@@](N)(Nc3cc4c(cc3OC)CN(C(=O)CN3CCC(O)CC3)CC4)NC2=O)N1C1CCCC1. The van der Waals surface area contributed by atoms with Crippen molar-refractivity contribution in [3.63, 3.8) is 0 Å². The van der Waals surface area contributed by atoms with Gasteiger partial charge in [0.15, 0.2) is 0 Å². The minimum atomic E-state index is -1.43. The summed E-state index contributed by atoms with van der Waals surface area (Å²) < 4.78 is 5.79. The second kappa shape index (κ2) is 12.0. The quantitative estimate of drug-likeness (QED) is 0.288. The molecule has 6 rings (SSSR count). The maximum absolute atomic E-state index is 13.6. The summed E-state index contributed by atoms with van der Waals surface area (Å²) in [5.74, 6) is -0.141. The van der Waals surface area contributed by atoms with E-state index < -0.39 is 5.91 Å². The van der Waals surface area contributed by atoms with Crippen LogP contribution in [-0.4, -0.2) is 108 Å². The van der Waals surface area contributed by atoms with Crippen molar-refractivity contribution in [2.24, 2.45) is 5.73 Å². The minimum Gasteiger partial charge on any atom is -0.495 e. The zero-order valence-corrected chi connectivity index (χ0v) is 25.8. The summed E-state index contributed by atoms with van der Waals surface area (Å²) >= 11 is 0. The van der Waals surface area contributed by atoms with Gasteiger partial charge in [0.1, 0.15) is 17.3 Å². The van der Waals surface area contributed by atoms with Gasteiger partial charge in [-0.2, -0.15) is 0 Å². The fraction of sp³-hybridized carbons (Fsp3) is 0.677. The van der Waals surface area contributed by atoms with Crippen LogP contribution in [0.5, 0.6) is 5.75 Å². The molecule has 1 saturated carbocycles. The molecular weight excluding hydrogens is 548 g/mol. The fourth-order valence-electron chi connectivity index (χ4n) is 7.54. The number of amides is 2. The molecule has 12 heteroatoms. The van der Waals surface area contributed by atoms with Crippen molar-refractivity contribution in [3.05, 3.63) is 34.8 Å². The summed E-state index contributed by atoms with van der Waals surface area (Å²) in [4.78, 5) is 35.2. The number of likely N-dealkylation sites (tertiary alicyclic amines) is 1. The highest BCUT2D eigenvalue weighted by molar-refractivity contribution is 5.95. The molecule has 12 nitrogen and oxygen atoms in total. The molecule has 1 aliphatic carbocycles. The van der Waals surface area contributed by atoms with Gasteiger partial charge in [-0.1, -0.05) is 19.8 Å². The van der Waals surface area contributed by atoms with Crippen molar-refractivity contribution in [1.82, 2.24) is 30.2 Å². The number of carbonyl (C=O) groups excluding carboxylic acids is 2. The number of benzene rings is 1. The zero-order valence-electron chi connectivity index (χ0n) is 25.8. The number of piperidine rings is 1. The lowest BCUT2D eigenvalue weighted by molar-refractivity contribution is -0.134. The van der Waals surface area contributed by atoms with E-state index in [0.717, 1.165) is 55.8 Å². The van der Waals surface area contributed by atoms with Gasteiger partial charge >= 0.3 is 0 Å². The molecule has 4 aliphatic heterocycles. The number of anilines is 1. The van der Waals surface area contributed by atoms with Gasteiger partial charge in [-0.05, 0) is 61.8 Å². The van der Waals surface area contributed by atoms with Gasteiger partial charge in [0.05, 0.1) is 25.4 Å². The lowest BCUT2D eigenvalue weighted by atomic mass is 9.98. The van der Waals surface area contributed by atoms with Gasteiger partial charge in [-0.25, -0.2) is 0 Å². The molecule has 6 N–H and O–H groups in total. The Morgan fingerprint density at radius 3 is 2.58 bits per heavy atom.